The predicted octanol–water partition coefficient (Wildman–Crippen LogP) is 6.43. The molecule has 1 aromatic rings. The van der Waals surface area contributed by atoms with Crippen LogP contribution in [0.3, 0.4) is 0 Å². The highest BCUT2D eigenvalue weighted by Crippen LogP contribution is 2.47. The summed E-state index contributed by atoms with van der Waals surface area (Å²) in [5, 5.41) is 0. The van der Waals surface area contributed by atoms with Crippen molar-refractivity contribution < 1.29 is 9.13 Å². The molecule has 5 unspecified atom stereocenters. The van der Waals surface area contributed by atoms with E-state index in [9.17, 15) is 4.39 Å². The number of hydrogen-bond acceptors (Lipinski definition) is 1. The normalized spacial score (nSPS) is 34.2. The van der Waals surface area contributed by atoms with Crippen molar-refractivity contribution in [3.63, 3.8) is 0 Å². The van der Waals surface area contributed by atoms with Crippen LogP contribution in [0.25, 0.3) is 0 Å². The molecule has 0 radical (unpaired) electrons. The molecule has 2 saturated carbocycles. The van der Waals surface area contributed by atoms with Gasteiger partial charge in [0.1, 0.15) is 5.82 Å². The van der Waals surface area contributed by atoms with Crippen LogP contribution in [0.15, 0.2) is 12.1 Å². The Morgan fingerprint density at radius 3 is 2.65 bits per heavy atom. The zero-order chi connectivity index (χ0) is 18.1. The van der Waals surface area contributed by atoms with Gasteiger partial charge in [0, 0.05) is 7.11 Å². The van der Waals surface area contributed by atoms with Gasteiger partial charge < -0.3 is 4.74 Å². The third-order valence-electron chi connectivity index (χ3n) is 7.69. The van der Waals surface area contributed by atoms with Gasteiger partial charge in [-0.3, -0.25) is 0 Å². The highest BCUT2D eigenvalue weighted by molar-refractivity contribution is 5.37. The molecule has 0 heterocycles. The van der Waals surface area contributed by atoms with E-state index in [-0.39, 0.29) is 5.82 Å². The highest BCUT2D eigenvalue weighted by Gasteiger charge is 2.36. The van der Waals surface area contributed by atoms with Gasteiger partial charge in [-0.2, -0.15) is 0 Å². The van der Waals surface area contributed by atoms with Crippen molar-refractivity contribution in [2.45, 2.75) is 89.6 Å². The van der Waals surface area contributed by atoms with Crippen LogP contribution in [0.1, 0.15) is 87.3 Å². The van der Waals surface area contributed by atoms with Crippen LogP contribution < -0.4 is 0 Å². The average Bonchev–Trinajstić information content (AvgIpc) is 2.67. The molecule has 2 heteroatoms. The van der Waals surface area contributed by atoms with Gasteiger partial charge in [0.05, 0.1) is 6.10 Å². The third-order valence-corrected chi connectivity index (χ3v) is 7.69. The molecule has 5 atom stereocenters. The van der Waals surface area contributed by atoms with Crippen molar-refractivity contribution in [1.29, 1.82) is 0 Å². The molecule has 1 aromatic carbocycles. The van der Waals surface area contributed by atoms with E-state index in [0.29, 0.717) is 17.9 Å². The Bertz CT molecular complexity index is 625. The van der Waals surface area contributed by atoms with Crippen molar-refractivity contribution >= 4 is 0 Å². The van der Waals surface area contributed by atoms with Crippen molar-refractivity contribution in [3.05, 3.63) is 34.6 Å². The molecule has 0 bridgehead atoms. The molecule has 0 N–H and O–H groups in total. The van der Waals surface area contributed by atoms with Crippen LogP contribution in [0, 0.1) is 23.6 Å². The molecule has 144 valence electrons. The first-order valence-corrected chi connectivity index (χ1v) is 11.0. The highest BCUT2D eigenvalue weighted by atomic mass is 19.1. The zero-order valence-electron chi connectivity index (χ0n) is 16.6. The van der Waals surface area contributed by atoms with Crippen molar-refractivity contribution in [2.24, 2.45) is 17.8 Å². The standard InChI is InChI=1S/C24H35FO/c1-3-4-16-5-6-20-13-21(15-24(25)23(20)11-16)18-7-8-19-14-22(26-2)10-9-17(19)12-18/h13,15-19,22H,3-12,14H2,1-2H3. The monoisotopic (exact) mass is 358 g/mol. The van der Waals surface area contributed by atoms with Gasteiger partial charge in [0.2, 0.25) is 0 Å². The molecule has 3 aliphatic carbocycles. The lowest BCUT2D eigenvalue weighted by atomic mass is 9.65. The van der Waals surface area contributed by atoms with Gasteiger partial charge >= 0.3 is 0 Å². The van der Waals surface area contributed by atoms with Gasteiger partial charge in [-0.25, -0.2) is 4.39 Å². The molecular formula is C24H35FO. The van der Waals surface area contributed by atoms with E-state index in [2.05, 4.69) is 13.0 Å². The van der Waals surface area contributed by atoms with E-state index in [0.717, 1.165) is 30.2 Å². The fourth-order valence-corrected chi connectivity index (χ4v) is 6.17. The van der Waals surface area contributed by atoms with Gasteiger partial charge in [0.15, 0.2) is 0 Å². The van der Waals surface area contributed by atoms with Gasteiger partial charge in [-0.15, -0.1) is 0 Å². The maximum absolute atomic E-state index is 14.9. The summed E-state index contributed by atoms with van der Waals surface area (Å²) in [5.41, 5.74) is 3.65. The summed E-state index contributed by atoms with van der Waals surface area (Å²) >= 11 is 0. The van der Waals surface area contributed by atoms with Crippen molar-refractivity contribution in [3.8, 4) is 0 Å². The molecule has 0 aromatic heterocycles. The first-order valence-electron chi connectivity index (χ1n) is 11.0. The molecule has 0 saturated heterocycles. The number of halogens is 1. The Kier molecular flexibility index (Phi) is 5.69. The molecular weight excluding hydrogens is 323 g/mol. The lowest BCUT2D eigenvalue weighted by Crippen LogP contribution is -2.33. The summed E-state index contributed by atoms with van der Waals surface area (Å²) in [6.07, 6.45) is 13.8. The second kappa shape index (κ2) is 8.00. The van der Waals surface area contributed by atoms with Gasteiger partial charge in [-0.1, -0.05) is 25.8 Å². The Morgan fingerprint density at radius 1 is 1.04 bits per heavy atom. The lowest BCUT2D eigenvalue weighted by molar-refractivity contribution is 0.0123. The van der Waals surface area contributed by atoms with E-state index < -0.39 is 0 Å². The maximum Gasteiger partial charge on any atom is 0.126 e. The Hall–Kier alpha value is -0.890. The Morgan fingerprint density at radius 2 is 1.85 bits per heavy atom. The minimum Gasteiger partial charge on any atom is -0.381 e. The third kappa shape index (κ3) is 3.72. The number of fused-ring (bicyclic) bond motifs is 2. The number of ether oxygens (including phenoxy) is 1. The number of rotatable bonds is 4. The first kappa shape index (κ1) is 18.5. The SMILES string of the molecule is CCCC1CCc2cc(C3CCC4CC(OC)CCC4C3)cc(F)c2C1. The minimum absolute atomic E-state index is 0.0866. The predicted molar refractivity (Wildman–Crippen MR) is 105 cm³/mol. The van der Waals surface area contributed by atoms with Crippen molar-refractivity contribution in [2.75, 3.05) is 7.11 Å². The largest absolute Gasteiger partial charge is 0.381 e. The second-order valence-corrected chi connectivity index (χ2v) is 9.24. The lowest BCUT2D eigenvalue weighted by Gasteiger charge is -2.42. The average molecular weight is 359 g/mol. The van der Waals surface area contributed by atoms with E-state index >= 15 is 0 Å². The Labute approximate surface area is 158 Å². The summed E-state index contributed by atoms with van der Waals surface area (Å²) in [6, 6.07) is 4.28. The van der Waals surface area contributed by atoms with E-state index in [4.69, 9.17) is 4.74 Å². The van der Waals surface area contributed by atoms with E-state index in [1.165, 1.54) is 68.9 Å². The van der Waals surface area contributed by atoms with Crippen molar-refractivity contribution in [1.82, 2.24) is 0 Å². The fraction of sp³-hybridized carbons (Fsp3) is 0.750. The van der Waals surface area contributed by atoms with Crippen LogP contribution in [-0.4, -0.2) is 13.2 Å². The molecule has 0 amide bonds. The minimum atomic E-state index is 0.0866. The van der Waals surface area contributed by atoms with E-state index in [1.807, 2.05) is 13.2 Å². The number of aryl methyl sites for hydroxylation is 1. The smallest absolute Gasteiger partial charge is 0.126 e. The number of benzene rings is 1. The first-order chi connectivity index (χ1) is 12.7. The topological polar surface area (TPSA) is 9.23 Å². The van der Waals surface area contributed by atoms with Crippen LogP contribution in [0.4, 0.5) is 4.39 Å². The molecule has 26 heavy (non-hydrogen) atoms. The summed E-state index contributed by atoms with van der Waals surface area (Å²) in [5.74, 6) is 3.02. The van der Waals surface area contributed by atoms with E-state index in [1.54, 1.807) is 0 Å². The fourth-order valence-electron chi connectivity index (χ4n) is 6.17. The molecule has 3 aliphatic rings. The molecule has 0 spiro atoms. The quantitative estimate of drug-likeness (QED) is 0.602. The van der Waals surface area contributed by atoms with Crippen LogP contribution >= 0.6 is 0 Å². The summed E-state index contributed by atoms with van der Waals surface area (Å²) in [4.78, 5) is 0. The summed E-state index contributed by atoms with van der Waals surface area (Å²) in [7, 11) is 1.86. The van der Waals surface area contributed by atoms with Crippen LogP contribution in [0.2, 0.25) is 0 Å². The van der Waals surface area contributed by atoms with Gasteiger partial charge in [-0.05, 0) is 104 Å². The Balaban J connectivity index is 1.47. The maximum atomic E-state index is 14.9. The number of methoxy groups -OCH3 is 1. The molecule has 2 fully saturated rings. The summed E-state index contributed by atoms with van der Waals surface area (Å²) < 4.78 is 20.5. The van der Waals surface area contributed by atoms with Crippen LogP contribution in [-0.2, 0) is 17.6 Å². The second-order valence-electron chi connectivity index (χ2n) is 9.24. The summed E-state index contributed by atoms with van der Waals surface area (Å²) in [6.45, 7) is 2.24. The molecule has 4 rings (SSSR count). The number of hydrogen-bond donors (Lipinski definition) is 0. The van der Waals surface area contributed by atoms with Gasteiger partial charge in [0.25, 0.3) is 0 Å². The molecule has 1 nitrogen and oxygen atoms in total. The zero-order valence-corrected chi connectivity index (χ0v) is 16.6. The molecule has 0 aliphatic heterocycles. The van der Waals surface area contributed by atoms with Crippen LogP contribution in [0.5, 0.6) is 0 Å².